The molecule has 1 aliphatic heterocycles. The number of fused-ring (bicyclic) bond motifs is 1. The lowest BCUT2D eigenvalue weighted by molar-refractivity contribution is -0.138. The molecule has 0 amide bonds. The molecule has 0 radical (unpaired) electrons. The largest absolute Gasteiger partial charge is 0.481 e. The summed E-state index contributed by atoms with van der Waals surface area (Å²) in [4.78, 5) is 11.1. The molecule has 0 saturated heterocycles. The molecule has 2 saturated carbocycles. The minimum atomic E-state index is -3.55. The van der Waals surface area contributed by atoms with Gasteiger partial charge in [-0.2, -0.15) is 0 Å². The minimum absolute atomic E-state index is 0.121. The zero-order valence-electron chi connectivity index (χ0n) is 11.9. The molecule has 1 aromatic carbocycles. The van der Waals surface area contributed by atoms with Gasteiger partial charge in [0.1, 0.15) is 0 Å². The number of aliphatic carboxylic acids is 1. The first-order valence-electron chi connectivity index (χ1n) is 7.40. The fourth-order valence-electron chi connectivity index (χ4n) is 3.38. The van der Waals surface area contributed by atoms with Crippen LogP contribution >= 0.6 is 0 Å². The molecule has 4 atom stereocenters. The van der Waals surface area contributed by atoms with Gasteiger partial charge < -0.3 is 9.84 Å². The van der Waals surface area contributed by atoms with E-state index in [4.69, 9.17) is 9.84 Å². The molecular weight excluding hydrogens is 306 g/mol. The second-order valence-electron chi connectivity index (χ2n) is 6.39. The van der Waals surface area contributed by atoms with E-state index in [9.17, 15) is 13.2 Å². The molecule has 0 spiro atoms. The normalized spacial score (nSPS) is 32.5. The summed E-state index contributed by atoms with van der Waals surface area (Å²) in [7, 11) is -3.55. The Morgan fingerprint density at radius 3 is 2.68 bits per heavy atom. The Balaban J connectivity index is 1.44. The van der Waals surface area contributed by atoms with Gasteiger partial charge in [0.05, 0.1) is 24.0 Å². The van der Waals surface area contributed by atoms with Crippen LogP contribution in [-0.4, -0.2) is 25.5 Å². The highest BCUT2D eigenvalue weighted by molar-refractivity contribution is 7.89. The van der Waals surface area contributed by atoms with Gasteiger partial charge in [-0.1, -0.05) is 6.07 Å². The molecule has 1 aromatic rings. The highest BCUT2D eigenvalue weighted by Gasteiger charge is 2.57. The Kier molecular flexibility index (Phi) is 3.08. The molecular formula is C15H17NO5S. The number of carboxylic acid groups (broad SMARTS) is 1. The number of carboxylic acids is 1. The predicted molar refractivity (Wildman–Crippen MR) is 76.4 cm³/mol. The van der Waals surface area contributed by atoms with E-state index in [0.29, 0.717) is 19.6 Å². The van der Waals surface area contributed by atoms with Crippen LogP contribution in [0.25, 0.3) is 0 Å². The van der Waals surface area contributed by atoms with Gasteiger partial charge in [-0.3, -0.25) is 4.79 Å². The number of hydrogen-bond acceptors (Lipinski definition) is 4. The first-order valence-corrected chi connectivity index (χ1v) is 8.89. The van der Waals surface area contributed by atoms with Crippen LogP contribution < -0.4 is 4.72 Å². The van der Waals surface area contributed by atoms with Crippen LogP contribution in [0.5, 0.6) is 0 Å². The molecule has 22 heavy (non-hydrogen) atoms. The van der Waals surface area contributed by atoms with Crippen LogP contribution in [-0.2, 0) is 32.8 Å². The number of ether oxygens (including phenoxy) is 1. The summed E-state index contributed by atoms with van der Waals surface area (Å²) in [5.41, 5.74) is 1.95. The summed E-state index contributed by atoms with van der Waals surface area (Å²) in [6.07, 6.45) is 1.41. The molecule has 118 valence electrons. The average Bonchev–Trinajstić information content (AvgIpc) is 3.34. The summed E-state index contributed by atoms with van der Waals surface area (Å²) in [5, 5.41) is 8.94. The van der Waals surface area contributed by atoms with E-state index in [1.54, 1.807) is 18.2 Å². The van der Waals surface area contributed by atoms with Crippen molar-refractivity contribution >= 4 is 16.0 Å². The molecule has 0 aromatic heterocycles. The second-order valence-corrected chi connectivity index (χ2v) is 8.11. The second kappa shape index (κ2) is 4.78. The number of sulfonamides is 1. The smallest absolute Gasteiger partial charge is 0.306 e. The summed E-state index contributed by atoms with van der Waals surface area (Å²) in [6, 6.07) is 4.94. The monoisotopic (exact) mass is 323 g/mol. The number of benzene rings is 1. The molecule has 6 nitrogen and oxygen atoms in total. The Bertz CT molecular complexity index is 744. The van der Waals surface area contributed by atoms with Crippen molar-refractivity contribution in [2.75, 3.05) is 0 Å². The molecule has 3 aliphatic rings. The lowest BCUT2D eigenvalue weighted by Crippen LogP contribution is -2.27. The molecule has 0 unspecified atom stereocenters. The highest BCUT2D eigenvalue weighted by atomic mass is 32.2. The van der Waals surface area contributed by atoms with E-state index >= 15 is 0 Å². The molecule has 2 N–H and O–H groups in total. The molecule has 2 aliphatic carbocycles. The van der Waals surface area contributed by atoms with E-state index in [2.05, 4.69) is 4.72 Å². The SMILES string of the molecule is O=C(O)[C@@H]1C[C@@H]1[C@@H]1C[C@@H]1NS(=O)(=O)c1ccc2c(c1)COC2. The molecule has 4 rings (SSSR count). The Morgan fingerprint density at radius 1 is 1.18 bits per heavy atom. The van der Waals surface area contributed by atoms with Gasteiger partial charge in [-0.05, 0) is 47.9 Å². The number of hydrogen-bond donors (Lipinski definition) is 2. The van der Waals surface area contributed by atoms with Crippen molar-refractivity contribution < 1.29 is 23.1 Å². The lowest BCUT2D eigenvalue weighted by Gasteiger charge is -2.08. The van der Waals surface area contributed by atoms with E-state index in [0.717, 1.165) is 17.5 Å². The zero-order chi connectivity index (χ0) is 15.5. The molecule has 1 heterocycles. The number of nitrogens with one attached hydrogen (secondary N) is 1. The van der Waals surface area contributed by atoms with Crippen molar-refractivity contribution in [3.8, 4) is 0 Å². The Hall–Kier alpha value is -1.44. The summed E-state index contributed by atoms with van der Waals surface area (Å²) in [5.74, 6) is -0.735. The first-order chi connectivity index (χ1) is 10.5. The topological polar surface area (TPSA) is 92.7 Å². The standard InChI is InChI=1S/C15H17NO5S/c17-15(18)13-4-11(13)12-5-14(12)16-22(19,20)10-2-1-8-6-21-7-9(8)3-10/h1-3,11-14,16H,4-7H2,(H,17,18)/t11-,12+,13-,14+/m1/s1. The van der Waals surface area contributed by atoms with Gasteiger partial charge in [0.25, 0.3) is 0 Å². The van der Waals surface area contributed by atoms with Crippen molar-refractivity contribution in [3.05, 3.63) is 29.3 Å². The quantitative estimate of drug-likeness (QED) is 0.846. The van der Waals surface area contributed by atoms with E-state index in [1.165, 1.54) is 0 Å². The van der Waals surface area contributed by atoms with E-state index in [-0.39, 0.29) is 28.7 Å². The van der Waals surface area contributed by atoms with Crippen LogP contribution in [0.1, 0.15) is 24.0 Å². The highest BCUT2D eigenvalue weighted by Crippen LogP contribution is 2.54. The summed E-state index contributed by atoms with van der Waals surface area (Å²) in [6.45, 7) is 0.985. The van der Waals surface area contributed by atoms with Gasteiger partial charge in [-0.15, -0.1) is 0 Å². The third-order valence-electron chi connectivity index (χ3n) is 4.86. The number of rotatable bonds is 5. The van der Waals surface area contributed by atoms with E-state index in [1.807, 2.05) is 0 Å². The van der Waals surface area contributed by atoms with Crippen molar-refractivity contribution in [3.63, 3.8) is 0 Å². The maximum absolute atomic E-state index is 12.4. The van der Waals surface area contributed by atoms with Crippen LogP contribution in [0, 0.1) is 17.8 Å². The third-order valence-corrected chi connectivity index (χ3v) is 6.34. The van der Waals surface area contributed by atoms with Crippen molar-refractivity contribution in [1.29, 1.82) is 0 Å². The average molecular weight is 323 g/mol. The van der Waals surface area contributed by atoms with Crippen LogP contribution in [0.4, 0.5) is 0 Å². The molecule has 7 heteroatoms. The third kappa shape index (κ3) is 2.43. The van der Waals surface area contributed by atoms with E-state index < -0.39 is 16.0 Å². The fraction of sp³-hybridized carbons (Fsp3) is 0.533. The Labute approximate surface area is 128 Å². The predicted octanol–water partition coefficient (Wildman–Crippen LogP) is 1.10. The summed E-state index contributed by atoms with van der Waals surface area (Å²) >= 11 is 0. The molecule has 0 bridgehead atoms. The van der Waals surface area contributed by atoms with Gasteiger partial charge in [0.2, 0.25) is 10.0 Å². The summed E-state index contributed by atoms with van der Waals surface area (Å²) < 4.78 is 32.8. The number of carbonyl (C=O) groups is 1. The fourth-order valence-corrected chi connectivity index (χ4v) is 4.73. The van der Waals surface area contributed by atoms with Gasteiger partial charge in [0.15, 0.2) is 0 Å². The van der Waals surface area contributed by atoms with Crippen LogP contribution in [0.15, 0.2) is 23.1 Å². The van der Waals surface area contributed by atoms with Gasteiger partial charge in [-0.25, -0.2) is 13.1 Å². The van der Waals surface area contributed by atoms with Crippen molar-refractivity contribution in [1.82, 2.24) is 4.72 Å². The lowest BCUT2D eigenvalue weighted by atomic mass is 10.1. The molecule has 2 fully saturated rings. The maximum Gasteiger partial charge on any atom is 0.306 e. The van der Waals surface area contributed by atoms with Crippen molar-refractivity contribution in [2.24, 2.45) is 17.8 Å². The van der Waals surface area contributed by atoms with Crippen LogP contribution in [0.2, 0.25) is 0 Å². The first kappa shape index (κ1) is 14.2. The van der Waals surface area contributed by atoms with Gasteiger partial charge in [0, 0.05) is 6.04 Å². The van der Waals surface area contributed by atoms with Gasteiger partial charge >= 0.3 is 5.97 Å². The minimum Gasteiger partial charge on any atom is -0.481 e. The van der Waals surface area contributed by atoms with Crippen molar-refractivity contribution in [2.45, 2.75) is 37.0 Å². The zero-order valence-corrected chi connectivity index (χ0v) is 12.7. The Morgan fingerprint density at radius 2 is 1.95 bits per heavy atom. The maximum atomic E-state index is 12.4. The van der Waals surface area contributed by atoms with Crippen LogP contribution in [0.3, 0.4) is 0 Å².